The second-order valence-corrected chi connectivity index (χ2v) is 3.40. The molecular weight excluding hydrogens is 216 g/mol. The molecule has 1 rings (SSSR count). The summed E-state index contributed by atoms with van der Waals surface area (Å²) >= 11 is 6.00. The van der Waals surface area contributed by atoms with Gasteiger partial charge in [-0.3, -0.25) is 0 Å². The largest absolute Gasteiger partial charge is 0.497 e. The molecule has 0 aliphatic heterocycles. The standard InChI is InChI=1S/C11H13ClO3/c1-4-15-11(13)9-6-8(14-3)5-7(2)10(9)12/h5-6H,4H2,1-3H3. The Morgan fingerprint density at radius 2 is 2.13 bits per heavy atom. The fourth-order valence-electron chi connectivity index (χ4n) is 1.21. The maximum absolute atomic E-state index is 11.5. The molecule has 0 heterocycles. The molecular formula is C11H13ClO3. The summed E-state index contributed by atoms with van der Waals surface area (Å²) in [5, 5.41) is 0.411. The fourth-order valence-corrected chi connectivity index (χ4v) is 1.40. The van der Waals surface area contributed by atoms with Crippen molar-refractivity contribution >= 4 is 17.6 Å². The Balaban J connectivity index is 3.15. The van der Waals surface area contributed by atoms with Gasteiger partial charge in [-0.2, -0.15) is 0 Å². The second-order valence-electron chi connectivity index (χ2n) is 3.03. The molecule has 0 saturated carbocycles. The normalized spacial score (nSPS) is 9.87. The Bertz CT molecular complexity index is 374. The molecule has 82 valence electrons. The molecule has 15 heavy (non-hydrogen) atoms. The first-order valence-corrected chi connectivity index (χ1v) is 4.99. The van der Waals surface area contributed by atoms with Gasteiger partial charge in [0.2, 0.25) is 0 Å². The van der Waals surface area contributed by atoms with Crippen LogP contribution in [0.2, 0.25) is 5.02 Å². The molecule has 0 bridgehead atoms. The van der Waals surface area contributed by atoms with E-state index in [1.165, 1.54) is 7.11 Å². The third-order valence-electron chi connectivity index (χ3n) is 1.96. The molecule has 0 unspecified atom stereocenters. The van der Waals surface area contributed by atoms with Gasteiger partial charge in [-0.05, 0) is 31.5 Å². The Morgan fingerprint density at radius 3 is 2.67 bits per heavy atom. The maximum atomic E-state index is 11.5. The first-order valence-electron chi connectivity index (χ1n) is 4.61. The first kappa shape index (κ1) is 11.9. The van der Waals surface area contributed by atoms with E-state index in [0.717, 1.165) is 5.56 Å². The van der Waals surface area contributed by atoms with Crippen molar-refractivity contribution < 1.29 is 14.3 Å². The quantitative estimate of drug-likeness (QED) is 0.747. The second kappa shape index (κ2) is 5.03. The van der Waals surface area contributed by atoms with Gasteiger partial charge >= 0.3 is 5.97 Å². The van der Waals surface area contributed by atoms with Gasteiger partial charge in [-0.15, -0.1) is 0 Å². The summed E-state index contributed by atoms with van der Waals surface area (Å²) in [6.45, 7) is 3.89. The lowest BCUT2D eigenvalue weighted by molar-refractivity contribution is 0.0526. The number of methoxy groups -OCH3 is 1. The molecule has 0 fully saturated rings. The average molecular weight is 229 g/mol. The van der Waals surface area contributed by atoms with E-state index >= 15 is 0 Å². The molecule has 1 aromatic carbocycles. The SMILES string of the molecule is CCOC(=O)c1cc(OC)cc(C)c1Cl. The third kappa shape index (κ3) is 2.63. The summed E-state index contributed by atoms with van der Waals surface area (Å²) in [6, 6.07) is 3.35. The number of hydrogen-bond donors (Lipinski definition) is 0. The van der Waals surface area contributed by atoms with E-state index in [2.05, 4.69) is 0 Å². The molecule has 0 spiro atoms. The summed E-state index contributed by atoms with van der Waals surface area (Å²) in [6.07, 6.45) is 0. The van der Waals surface area contributed by atoms with E-state index in [0.29, 0.717) is 22.9 Å². The predicted molar refractivity (Wildman–Crippen MR) is 58.7 cm³/mol. The first-order chi connectivity index (χ1) is 7.10. The molecule has 3 nitrogen and oxygen atoms in total. The van der Waals surface area contributed by atoms with Crippen molar-refractivity contribution in [2.24, 2.45) is 0 Å². The van der Waals surface area contributed by atoms with Crippen LogP contribution in [0, 0.1) is 6.92 Å². The van der Waals surface area contributed by atoms with Gasteiger partial charge in [0.15, 0.2) is 0 Å². The van der Waals surface area contributed by atoms with Crippen molar-refractivity contribution in [2.75, 3.05) is 13.7 Å². The Morgan fingerprint density at radius 1 is 1.47 bits per heavy atom. The molecule has 0 radical (unpaired) electrons. The topological polar surface area (TPSA) is 35.5 Å². The van der Waals surface area contributed by atoms with Crippen molar-refractivity contribution in [2.45, 2.75) is 13.8 Å². The molecule has 1 aromatic rings. The van der Waals surface area contributed by atoms with E-state index in [9.17, 15) is 4.79 Å². The number of halogens is 1. The lowest BCUT2D eigenvalue weighted by Gasteiger charge is -2.09. The van der Waals surface area contributed by atoms with Crippen LogP contribution in [0.1, 0.15) is 22.8 Å². The number of rotatable bonds is 3. The number of aryl methyl sites for hydroxylation is 1. The van der Waals surface area contributed by atoms with Crippen LogP contribution in [0.3, 0.4) is 0 Å². The highest BCUT2D eigenvalue weighted by Crippen LogP contribution is 2.27. The molecule has 4 heteroatoms. The lowest BCUT2D eigenvalue weighted by Crippen LogP contribution is -2.06. The number of ether oxygens (including phenoxy) is 2. The van der Waals surface area contributed by atoms with Crippen LogP contribution in [0.25, 0.3) is 0 Å². The van der Waals surface area contributed by atoms with Gasteiger partial charge < -0.3 is 9.47 Å². The Hall–Kier alpha value is -1.22. The highest BCUT2D eigenvalue weighted by molar-refractivity contribution is 6.34. The van der Waals surface area contributed by atoms with Crippen molar-refractivity contribution in [3.63, 3.8) is 0 Å². The zero-order chi connectivity index (χ0) is 11.4. The summed E-state index contributed by atoms with van der Waals surface area (Å²) in [4.78, 5) is 11.5. The summed E-state index contributed by atoms with van der Waals surface area (Å²) in [7, 11) is 1.54. The van der Waals surface area contributed by atoms with Crippen molar-refractivity contribution in [1.29, 1.82) is 0 Å². The van der Waals surface area contributed by atoms with Gasteiger partial charge in [0.1, 0.15) is 5.75 Å². The van der Waals surface area contributed by atoms with Crippen molar-refractivity contribution in [3.8, 4) is 5.75 Å². The Kier molecular flexibility index (Phi) is 3.97. The number of hydrogen-bond acceptors (Lipinski definition) is 3. The zero-order valence-electron chi connectivity index (χ0n) is 8.96. The Labute approximate surface area is 93.9 Å². The van der Waals surface area contributed by atoms with E-state index in [1.807, 2.05) is 6.92 Å². The molecule has 0 N–H and O–H groups in total. The van der Waals surface area contributed by atoms with Gasteiger partial charge in [0, 0.05) is 0 Å². The zero-order valence-corrected chi connectivity index (χ0v) is 9.72. The minimum absolute atomic E-state index is 0.325. The van der Waals surface area contributed by atoms with E-state index < -0.39 is 5.97 Å². The summed E-state index contributed by atoms with van der Waals surface area (Å²) in [5.41, 5.74) is 1.13. The van der Waals surface area contributed by atoms with Crippen molar-refractivity contribution in [3.05, 3.63) is 28.3 Å². The highest BCUT2D eigenvalue weighted by atomic mass is 35.5. The molecule has 0 aliphatic carbocycles. The smallest absolute Gasteiger partial charge is 0.339 e. The minimum atomic E-state index is -0.426. The van der Waals surface area contributed by atoms with Crippen LogP contribution in [0.5, 0.6) is 5.75 Å². The molecule has 0 aliphatic rings. The molecule has 0 aromatic heterocycles. The van der Waals surface area contributed by atoms with Crippen molar-refractivity contribution in [1.82, 2.24) is 0 Å². The number of carbonyl (C=O) groups excluding carboxylic acids is 1. The van der Waals surface area contributed by atoms with E-state index in [-0.39, 0.29) is 0 Å². The highest BCUT2D eigenvalue weighted by Gasteiger charge is 2.14. The van der Waals surface area contributed by atoms with E-state index in [1.54, 1.807) is 19.1 Å². The molecule has 0 amide bonds. The van der Waals surface area contributed by atoms with Gasteiger partial charge in [0.05, 0.1) is 24.3 Å². The van der Waals surface area contributed by atoms with Crippen LogP contribution in [-0.2, 0) is 4.74 Å². The van der Waals surface area contributed by atoms with Crippen LogP contribution >= 0.6 is 11.6 Å². The van der Waals surface area contributed by atoms with Crippen LogP contribution in [-0.4, -0.2) is 19.7 Å². The molecule has 0 atom stereocenters. The predicted octanol–water partition coefficient (Wildman–Crippen LogP) is 2.83. The summed E-state index contributed by atoms with van der Waals surface area (Å²) < 4.78 is 9.94. The minimum Gasteiger partial charge on any atom is -0.497 e. The maximum Gasteiger partial charge on any atom is 0.339 e. The van der Waals surface area contributed by atoms with E-state index in [4.69, 9.17) is 21.1 Å². The lowest BCUT2D eigenvalue weighted by atomic mass is 10.1. The van der Waals surface area contributed by atoms with Crippen LogP contribution in [0.4, 0.5) is 0 Å². The van der Waals surface area contributed by atoms with Crippen LogP contribution in [0.15, 0.2) is 12.1 Å². The number of esters is 1. The number of benzene rings is 1. The average Bonchev–Trinajstić information content (AvgIpc) is 2.22. The summed E-state index contributed by atoms with van der Waals surface area (Å²) in [5.74, 6) is 0.171. The van der Waals surface area contributed by atoms with Crippen LogP contribution < -0.4 is 4.74 Å². The molecule has 0 saturated heterocycles. The van der Waals surface area contributed by atoms with Gasteiger partial charge in [0.25, 0.3) is 0 Å². The number of carbonyl (C=O) groups is 1. The fraction of sp³-hybridized carbons (Fsp3) is 0.364. The van der Waals surface area contributed by atoms with Gasteiger partial charge in [-0.25, -0.2) is 4.79 Å². The van der Waals surface area contributed by atoms with Gasteiger partial charge in [-0.1, -0.05) is 11.6 Å². The third-order valence-corrected chi connectivity index (χ3v) is 2.46. The monoisotopic (exact) mass is 228 g/mol.